The smallest absolute Gasteiger partial charge is 0.343 e. The van der Waals surface area contributed by atoms with Gasteiger partial charge in [0.1, 0.15) is 5.82 Å². The number of nitrogens with one attached hydrogen (secondary N) is 1. The summed E-state index contributed by atoms with van der Waals surface area (Å²) in [7, 11) is -2.24. The highest BCUT2D eigenvalue weighted by Crippen LogP contribution is 2.38. The zero-order chi connectivity index (χ0) is 20.3. The SMILES string of the molecule is CCOC(=O)[C@H](F)[C@](N[S@](=O)C(C)(C)C)(c1cc(Br)ccc1F)C(F)F. The fraction of sp³-hybridized carbons (Fsp3) is 0.562. The van der Waals surface area contributed by atoms with Crippen LogP contribution in [0.4, 0.5) is 17.6 Å². The maximum atomic E-state index is 15.0. The predicted octanol–water partition coefficient (Wildman–Crippen LogP) is 4.00. The highest BCUT2D eigenvalue weighted by molar-refractivity contribution is 9.10. The molecule has 0 saturated heterocycles. The standard InChI is InChI=1S/C16H20BrF4NO3S/c1-5-25-13(23)12(19)16(14(20)21,22-26(24)15(2,3)4)10-8-9(17)6-7-11(10)18/h6-8,12,14,22H,5H2,1-4H3/t12-,16+,26+/m0/s1. The summed E-state index contributed by atoms with van der Waals surface area (Å²) in [4.78, 5) is 11.9. The van der Waals surface area contributed by atoms with Crippen LogP contribution in [0, 0.1) is 5.82 Å². The van der Waals surface area contributed by atoms with Gasteiger partial charge < -0.3 is 4.74 Å². The lowest BCUT2D eigenvalue weighted by Gasteiger charge is -2.37. The van der Waals surface area contributed by atoms with Crippen molar-refractivity contribution in [3.63, 3.8) is 0 Å². The Bertz CT molecular complexity index is 684. The summed E-state index contributed by atoms with van der Waals surface area (Å²) in [5.74, 6) is -2.79. The first-order valence-corrected chi connectivity index (χ1v) is 9.56. The van der Waals surface area contributed by atoms with Gasteiger partial charge in [0.15, 0.2) is 5.54 Å². The van der Waals surface area contributed by atoms with Gasteiger partial charge in [-0.3, -0.25) is 0 Å². The minimum Gasteiger partial charge on any atom is -0.464 e. The molecule has 0 heterocycles. The van der Waals surface area contributed by atoms with Crippen LogP contribution in [0.15, 0.2) is 22.7 Å². The average molecular weight is 462 g/mol. The highest BCUT2D eigenvalue weighted by atomic mass is 79.9. The van der Waals surface area contributed by atoms with Crippen LogP contribution in [-0.4, -0.2) is 34.1 Å². The molecule has 4 nitrogen and oxygen atoms in total. The molecule has 0 radical (unpaired) electrons. The van der Waals surface area contributed by atoms with Crippen molar-refractivity contribution in [2.75, 3.05) is 6.61 Å². The summed E-state index contributed by atoms with van der Waals surface area (Å²) < 4.78 is 75.6. The largest absolute Gasteiger partial charge is 0.464 e. The van der Waals surface area contributed by atoms with E-state index in [4.69, 9.17) is 0 Å². The summed E-state index contributed by atoms with van der Waals surface area (Å²) in [6.07, 6.45) is -6.62. The van der Waals surface area contributed by atoms with E-state index in [2.05, 4.69) is 20.7 Å². The molecule has 0 aliphatic heterocycles. The molecule has 10 heteroatoms. The number of hydrogen-bond acceptors (Lipinski definition) is 3. The number of carbonyl (C=O) groups is 1. The van der Waals surface area contributed by atoms with Gasteiger partial charge in [0.05, 0.1) is 22.3 Å². The molecule has 0 aromatic heterocycles. The Morgan fingerprint density at radius 2 is 1.88 bits per heavy atom. The van der Waals surface area contributed by atoms with Gasteiger partial charge in [-0.05, 0) is 45.9 Å². The van der Waals surface area contributed by atoms with E-state index in [9.17, 15) is 26.6 Å². The van der Waals surface area contributed by atoms with E-state index in [0.29, 0.717) is 0 Å². The minimum atomic E-state index is -3.61. The quantitative estimate of drug-likeness (QED) is 0.493. The molecule has 1 N–H and O–H groups in total. The first-order valence-electron chi connectivity index (χ1n) is 7.62. The highest BCUT2D eigenvalue weighted by Gasteiger charge is 2.56. The maximum Gasteiger partial charge on any atom is 0.343 e. The van der Waals surface area contributed by atoms with E-state index in [1.165, 1.54) is 33.8 Å². The number of rotatable bonds is 7. The monoisotopic (exact) mass is 461 g/mol. The van der Waals surface area contributed by atoms with Crippen LogP contribution < -0.4 is 4.72 Å². The molecule has 0 spiro atoms. The lowest BCUT2D eigenvalue weighted by molar-refractivity contribution is -0.156. The Balaban J connectivity index is 3.68. The third-order valence-corrected chi connectivity index (χ3v) is 5.56. The van der Waals surface area contributed by atoms with Gasteiger partial charge in [0.25, 0.3) is 6.43 Å². The number of carbonyl (C=O) groups excluding carboxylic acids is 1. The van der Waals surface area contributed by atoms with E-state index < -0.39 is 51.2 Å². The van der Waals surface area contributed by atoms with Crippen LogP contribution in [0.3, 0.4) is 0 Å². The Morgan fingerprint density at radius 1 is 1.31 bits per heavy atom. The first kappa shape index (κ1) is 23.0. The van der Waals surface area contributed by atoms with Crippen molar-refractivity contribution in [3.05, 3.63) is 34.1 Å². The van der Waals surface area contributed by atoms with Crippen molar-refractivity contribution in [1.29, 1.82) is 0 Å². The van der Waals surface area contributed by atoms with Gasteiger partial charge in [-0.1, -0.05) is 15.9 Å². The summed E-state index contributed by atoms with van der Waals surface area (Å²) in [6, 6.07) is 2.99. The molecule has 1 rings (SSSR count). The number of alkyl halides is 3. The fourth-order valence-corrected chi connectivity index (χ4v) is 3.31. The number of hydrogen-bond donors (Lipinski definition) is 1. The maximum absolute atomic E-state index is 15.0. The summed E-state index contributed by atoms with van der Waals surface area (Å²) in [6.45, 7) is 5.49. The number of halogens is 5. The van der Waals surface area contributed by atoms with Gasteiger partial charge in [0, 0.05) is 10.0 Å². The normalized spacial score (nSPS) is 16.8. The van der Waals surface area contributed by atoms with Crippen LogP contribution in [0.5, 0.6) is 0 Å². The Kier molecular flexibility index (Phi) is 7.79. The van der Waals surface area contributed by atoms with Crippen molar-refractivity contribution < 1.29 is 31.3 Å². The van der Waals surface area contributed by atoms with Crippen LogP contribution in [0.1, 0.15) is 33.3 Å². The molecule has 0 amide bonds. The number of ether oxygens (including phenoxy) is 1. The van der Waals surface area contributed by atoms with Crippen molar-refractivity contribution in [3.8, 4) is 0 Å². The molecule has 148 valence electrons. The van der Waals surface area contributed by atoms with Crippen LogP contribution in [0.25, 0.3) is 0 Å². The molecule has 0 saturated carbocycles. The molecule has 0 fully saturated rings. The van der Waals surface area contributed by atoms with Crippen molar-refractivity contribution in [1.82, 2.24) is 4.72 Å². The van der Waals surface area contributed by atoms with Crippen molar-refractivity contribution in [2.24, 2.45) is 0 Å². The molecule has 3 atom stereocenters. The molecule has 0 unspecified atom stereocenters. The zero-order valence-corrected chi connectivity index (χ0v) is 17.0. The topological polar surface area (TPSA) is 55.4 Å². The van der Waals surface area contributed by atoms with Crippen LogP contribution in [-0.2, 0) is 26.1 Å². The number of benzene rings is 1. The summed E-state index contributed by atoms with van der Waals surface area (Å²) >= 11 is 3.01. The summed E-state index contributed by atoms with van der Waals surface area (Å²) in [5.41, 5.74) is -4.03. The molecule has 1 aromatic carbocycles. The zero-order valence-electron chi connectivity index (χ0n) is 14.6. The van der Waals surface area contributed by atoms with Crippen LogP contribution in [0.2, 0.25) is 0 Å². The van der Waals surface area contributed by atoms with Crippen molar-refractivity contribution in [2.45, 2.75) is 50.6 Å². The Hall–Kier alpha value is -1.00. The second-order valence-electron chi connectivity index (χ2n) is 6.39. The molecule has 26 heavy (non-hydrogen) atoms. The third kappa shape index (κ3) is 4.83. The van der Waals surface area contributed by atoms with Gasteiger partial charge in [0.2, 0.25) is 6.17 Å². The second-order valence-corrected chi connectivity index (χ2v) is 9.27. The molecule has 0 bridgehead atoms. The first-order chi connectivity index (χ1) is 11.9. The lowest BCUT2D eigenvalue weighted by Crippen LogP contribution is -2.60. The van der Waals surface area contributed by atoms with E-state index in [1.54, 1.807) is 0 Å². The summed E-state index contributed by atoms with van der Waals surface area (Å²) in [5, 5.41) is 0. The van der Waals surface area contributed by atoms with Crippen LogP contribution >= 0.6 is 15.9 Å². The fourth-order valence-electron chi connectivity index (χ4n) is 2.04. The number of esters is 1. The van der Waals surface area contributed by atoms with Gasteiger partial charge >= 0.3 is 5.97 Å². The third-order valence-electron chi connectivity index (χ3n) is 3.43. The second kappa shape index (κ2) is 8.79. The van der Waals surface area contributed by atoms with E-state index in [1.807, 2.05) is 4.72 Å². The van der Waals surface area contributed by atoms with E-state index in [-0.39, 0.29) is 11.1 Å². The molecule has 1 aromatic rings. The Labute approximate surface area is 160 Å². The average Bonchev–Trinajstić information content (AvgIpc) is 2.53. The predicted molar refractivity (Wildman–Crippen MR) is 94.3 cm³/mol. The van der Waals surface area contributed by atoms with E-state index >= 15 is 0 Å². The van der Waals surface area contributed by atoms with Gasteiger partial charge in [-0.15, -0.1) is 0 Å². The Morgan fingerprint density at radius 3 is 2.35 bits per heavy atom. The minimum absolute atomic E-state index is 0.179. The molecular formula is C16H20BrF4NO3S. The molecule has 0 aliphatic rings. The molecular weight excluding hydrogens is 442 g/mol. The van der Waals surface area contributed by atoms with Gasteiger partial charge in [-0.25, -0.2) is 31.3 Å². The van der Waals surface area contributed by atoms with E-state index in [0.717, 1.165) is 12.1 Å². The molecule has 0 aliphatic carbocycles. The van der Waals surface area contributed by atoms with Gasteiger partial charge in [-0.2, -0.15) is 0 Å². The van der Waals surface area contributed by atoms with Crippen molar-refractivity contribution >= 4 is 32.9 Å². The lowest BCUT2D eigenvalue weighted by atomic mass is 9.86.